The first-order chi connectivity index (χ1) is 12.5. The Hall–Kier alpha value is -2.54. The average molecular weight is 385 g/mol. The predicted octanol–water partition coefficient (Wildman–Crippen LogP) is 3.20. The van der Waals surface area contributed by atoms with E-state index in [0.29, 0.717) is 23.9 Å². The molecule has 2 aromatic rings. The zero-order valence-electron chi connectivity index (χ0n) is 13.5. The summed E-state index contributed by atoms with van der Waals surface area (Å²) in [5, 5.41) is 3.16. The van der Waals surface area contributed by atoms with Gasteiger partial charge in [-0.25, -0.2) is 0 Å². The summed E-state index contributed by atoms with van der Waals surface area (Å²) < 4.78 is 5.40. The summed E-state index contributed by atoms with van der Waals surface area (Å²) in [7, 11) is 0. The molecule has 26 heavy (non-hydrogen) atoms. The van der Waals surface area contributed by atoms with Crippen LogP contribution in [0.2, 0.25) is 5.02 Å². The van der Waals surface area contributed by atoms with Crippen molar-refractivity contribution in [1.29, 1.82) is 0 Å². The van der Waals surface area contributed by atoms with Crippen LogP contribution in [0.1, 0.15) is 16.7 Å². The molecular formula is C19H13ClN2O3S. The van der Waals surface area contributed by atoms with E-state index in [2.05, 4.69) is 5.32 Å². The van der Waals surface area contributed by atoms with Crippen LogP contribution in [-0.2, 0) is 27.5 Å². The highest BCUT2D eigenvalue weighted by atomic mass is 35.5. The Morgan fingerprint density at radius 2 is 1.81 bits per heavy atom. The molecule has 0 aromatic heterocycles. The Labute approximate surface area is 160 Å². The summed E-state index contributed by atoms with van der Waals surface area (Å²) >= 11 is 11.1. The lowest BCUT2D eigenvalue weighted by Crippen LogP contribution is -2.54. The third-order valence-corrected chi connectivity index (χ3v) is 4.78. The van der Waals surface area contributed by atoms with Gasteiger partial charge in [0.15, 0.2) is 5.11 Å². The molecular weight excluding hydrogens is 372 g/mol. The maximum atomic E-state index is 12.9. The predicted molar refractivity (Wildman–Crippen MR) is 103 cm³/mol. The molecule has 1 fully saturated rings. The first-order valence-corrected chi connectivity index (χ1v) is 8.68. The molecule has 0 bridgehead atoms. The van der Waals surface area contributed by atoms with E-state index >= 15 is 0 Å². The molecule has 0 aliphatic carbocycles. The molecule has 2 aliphatic rings. The Bertz CT molecular complexity index is 969. The number of benzene rings is 2. The monoisotopic (exact) mass is 384 g/mol. The molecule has 0 saturated carbocycles. The summed E-state index contributed by atoms with van der Waals surface area (Å²) in [6, 6.07) is 12.4. The van der Waals surface area contributed by atoms with Gasteiger partial charge in [-0.2, -0.15) is 0 Å². The van der Waals surface area contributed by atoms with Crippen LogP contribution in [0.3, 0.4) is 0 Å². The Kier molecular flexibility index (Phi) is 4.32. The van der Waals surface area contributed by atoms with Gasteiger partial charge in [0.05, 0.1) is 18.9 Å². The quantitative estimate of drug-likeness (QED) is 0.490. The number of halogens is 1. The number of nitrogens with zero attached hydrogens (tertiary/aromatic N) is 1. The smallest absolute Gasteiger partial charge is 0.270 e. The van der Waals surface area contributed by atoms with Gasteiger partial charge in [0.25, 0.3) is 11.8 Å². The summed E-state index contributed by atoms with van der Waals surface area (Å²) in [5.41, 5.74) is 3.50. The van der Waals surface area contributed by atoms with Crippen LogP contribution in [0.4, 0.5) is 5.69 Å². The van der Waals surface area contributed by atoms with Gasteiger partial charge in [0.1, 0.15) is 5.57 Å². The number of amides is 2. The van der Waals surface area contributed by atoms with Gasteiger partial charge in [-0.05, 0) is 65.3 Å². The highest BCUT2D eigenvalue weighted by molar-refractivity contribution is 7.80. The molecule has 5 nitrogen and oxygen atoms in total. The summed E-state index contributed by atoms with van der Waals surface area (Å²) in [5.74, 6) is -0.986. The lowest BCUT2D eigenvalue weighted by Gasteiger charge is -2.29. The number of thiocarbonyl (C=S) groups is 1. The normalized spacial score (nSPS) is 18.3. The van der Waals surface area contributed by atoms with Crippen molar-refractivity contribution in [2.24, 2.45) is 0 Å². The zero-order chi connectivity index (χ0) is 18.3. The fourth-order valence-corrected chi connectivity index (χ4v) is 3.34. The van der Waals surface area contributed by atoms with Gasteiger partial charge < -0.3 is 4.74 Å². The van der Waals surface area contributed by atoms with Crippen molar-refractivity contribution in [3.8, 4) is 0 Å². The van der Waals surface area contributed by atoms with Gasteiger partial charge in [0, 0.05) is 5.02 Å². The second-order valence-electron chi connectivity index (χ2n) is 5.96. The van der Waals surface area contributed by atoms with Crippen molar-refractivity contribution in [3.63, 3.8) is 0 Å². The van der Waals surface area contributed by atoms with Gasteiger partial charge in [0.2, 0.25) is 0 Å². The van der Waals surface area contributed by atoms with Crippen molar-refractivity contribution in [3.05, 3.63) is 69.8 Å². The SMILES string of the molecule is O=C1NC(=S)N(c2ccc(Cl)cc2)C(=O)C1=Cc1ccc2c(c1)COC2. The van der Waals surface area contributed by atoms with Crippen LogP contribution in [-0.4, -0.2) is 16.9 Å². The fraction of sp³-hybridized carbons (Fsp3) is 0.105. The highest BCUT2D eigenvalue weighted by Gasteiger charge is 2.34. The van der Waals surface area contributed by atoms with E-state index in [9.17, 15) is 9.59 Å². The molecule has 1 saturated heterocycles. The van der Waals surface area contributed by atoms with Gasteiger partial charge >= 0.3 is 0 Å². The topological polar surface area (TPSA) is 58.6 Å². The minimum absolute atomic E-state index is 0.0208. The van der Waals surface area contributed by atoms with Crippen molar-refractivity contribution in [2.75, 3.05) is 4.90 Å². The summed E-state index contributed by atoms with van der Waals surface area (Å²) in [6.45, 7) is 1.12. The number of fused-ring (bicyclic) bond motifs is 1. The molecule has 0 spiro atoms. The molecule has 0 radical (unpaired) electrons. The molecule has 4 rings (SSSR count). The fourth-order valence-electron chi connectivity index (χ4n) is 2.93. The molecule has 2 amide bonds. The molecule has 2 heterocycles. The molecule has 7 heteroatoms. The van der Waals surface area contributed by atoms with Crippen LogP contribution >= 0.6 is 23.8 Å². The largest absolute Gasteiger partial charge is 0.372 e. The number of rotatable bonds is 2. The summed E-state index contributed by atoms with van der Waals surface area (Å²) in [6.07, 6.45) is 1.57. The molecule has 130 valence electrons. The second-order valence-corrected chi connectivity index (χ2v) is 6.78. The minimum Gasteiger partial charge on any atom is -0.372 e. The van der Waals surface area contributed by atoms with E-state index in [1.807, 2.05) is 18.2 Å². The van der Waals surface area contributed by atoms with Crippen LogP contribution in [0, 0.1) is 0 Å². The van der Waals surface area contributed by atoms with Crippen LogP contribution < -0.4 is 10.2 Å². The van der Waals surface area contributed by atoms with Gasteiger partial charge in [-0.1, -0.05) is 23.7 Å². The van der Waals surface area contributed by atoms with E-state index < -0.39 is 11.8 Å². The molecule has 2 aliphatic heterocycles. The number of hydrogen-bond acceptors (Lipinski definition) is 4. The highest BCUT2D eigenvalue weighted by Crippen LogP contribution is 2.25. The third kappa shape index (κ3) is 3.03. The lowest BCUT2D eigenvalue weighted by atomic mass is 10.0. The van der Waals surface area contributed by atoms with E-state index in [1.165, 1.54) is 4.90 Å². The molecule has 0 unspecified atom stereocenters. The summed E-state index contributed by atoms with van der Waals surface area (Å²) in [4.78, 5) is 26.5. The number of carbonyl (C=O) groups excluding carboxylic acids is 2. The maximum absolute atomic E-state index is 12.9. The standard InChI is InChI=1S/C19H13ClN2O3S/c20-14-3-5-15(6-4-14)22-18(24)16(17(23)21-19(22)26)8-11-1-2-12-9-25-10-13(12)7-11/h1-8H,9-10H2,(H,21,23,26). The Morgan fingerprint density at radius 3 is 2.58 bits per heavy atom. The lowest BCUT2D eigenvalue weighted by molar-refractivity contribution is -0.122. The zero-order valence-corrected chi connectivity index (χ0v) is 15.1. The van der Waals surface area contributed by atoms with E-state index in [1.54, 1.807) is 30.3 Å². The second kappa shape index (κ2) is 6.64. The number of nitrogens with one attached hydrogen (secondary N) is 1. The first-order valence-electron chi connectivity index (χ1n) is 7.89. The maximum Gasteiger partial charge on any atom is 0.270 e. The third-order valence-electron chi connectivity index (χ3n) is 4.24. The minimum atomic E-state index is -0.512. The molecule has 0 atom stereocenters. The number of hydrogen-bond donors (Lipinski definition) is 1. The van der Waals surface area contributed by atoms with Crippen LogP contribution in [0.25, 0.3) is 6.08 Å². The first kappa shape index (κ1) is 16.9. The number of carbonyl (C=O) groups is 2. The van der Waals surface area contributed by atoms with Crippen molar-refractivity contribution >= 4 is 52.5 Å². The number of ether oxygens (including phenoxy) is 1. The van der Waals surface area contributed by atoms with E-state index in [0.717, 1.165) is 16.7 Å². The Balaban J connectivity index is 1.71. The van der Waals surface area contributed by atoms with Gasteiger partial charge in [-0.15, -0.1) is 0 Å². The van der Waals surface area contributed by atoms with E-state index in [-0.39, 0.29) is 10.7 Å². The average Bonchev–Trinajstić information content (AvgIpc) is 3.08. The van der Waals surface area contributed by atoms with Crippen molar-refractivity contribution in [2.45, 2.75) is 13.2 Å². The number of anilines is 1. The molecule has 2 aromatic carbocycles. The molecule has 1 N–H and O–H groups in total. The Morgan fingerprint density at radius 1 is 1.08 bits per heavy atom. The van der Waals surface area contributed by atoms with Crippen molar-refractivity contribution in [1.82, 2.24) is 5.32 Å². The van der Waals surface area contributed by atoms with E-state index in [4.69, 9.17) is 28.6 Å². The van der Waals surface area contributed by atoms with Crippen molar-refractivity contribution < 1.29 is 14.3 Å². The van der Waals surface area contributed by atoms with Gasteiger partial charge in [-0.3, -0.25) is 19.8 Å². The van der Waals surface area contributed by atoms with Crippen LogP contribution in [0.15, 0.2) is 48.0 Å². The van der Waals surface area contributed by atoms with Crippen LogP contribution in [0.5, 0.6) is 0 Å².